The number of cyclic esters (lactones) is 1. The van der Waals surface area contributed by atoms with E-state index in [1.165, 1.54) is 14.2 Å². The Kier molecular flexibility index (Phi) is 3.11. The molecule has 0 fully saturated rings. The van der Waals surface area contributed by atoms with Crippen LogP contribution in [0.15, 0.2) is 0 Å². The van der Waals surface area contributed by atoms with Gasteiger partial charge in [-0.05, 0) is 6.92 Å². The van der Waals surface area contributed by atoms with Crippen molar-refractivity contribution < 1.29 is 28.5 Å². The zero-order chi connectivity index (χ0) is 15.4. The number of hydrogen-bond acceptors (Lipinski definition) is 6. The number of fused-ring (bicyclic) bond motifs is 3. The van der Waals surface area contributed by atoms with Gasteiger partial charge in [0, 0.05) is 37.6 Å². The molecule has 21 heavy (non-hydrogen) atoms. The van der Waals surface area contributed by atoms with Crippen molar-refractivity contribution in [1.29, 1.82) is 0 Å². The zero-order valence-corrected chi connectivity index (χ0v) is 12.7. The molecule has 1 unspecified atom stereocenters. The number of rotatable bonds is 2. The van der Waals surface area contributed by atoms with Crippen LogP contribution < -0.4 is 9.47 Å². The molecule has 0 N–H and O–H groups in total. The lowest BCUT2D eigenvalue weighted by Crippen LogP contribution is -2.36. The van der Waals surface area contributed by atoms with Crippen LogP contribution in [0.2, 0.25) is 0 Å². The highest BCUT2D eigenvalue weighted by molar-refractivity contribution is 5.98. The molecule has 2 heterocycles. The highest BCUT2D eigenvalue weighted by Gasteiger charge is 2.43. The van der Waals surface area contributed by atoms with Gasteiger partial charge in [0.05, 0.1) is 13.7 Å². The van der Waals surface area contributed by atoms with Crippen molar-refractivity contribution in [2.45, 2.75) is 39.5 Å². The molecule has 114 valence electrons. The Hall–Kier alpha value is -1.79. The highest BCUT2D eigenvalue weighted by Crippen LogP contribution is 2.49. The molecule has 2 aliphatic heterocycles. The number of ether oxygens (including phenoxy) is 5. The Balaban J connectivity index is 2.29. The van der Waals surface area contributed by atoms with Crippen LogP contribution in [0.25, 0.3) is 0 Å². The minimum absolute atomic E-state index is 0.325. The summed E-state index contributed by atoms with van der Waals surface area (Å²) in [5.74, 6) is -0.0547. The van der Waals surface area contributed by atoms with Crippen molar-refractivity contribution in [1.82, 2.24) is 0 Å². The summed E-state index contributed by atoms with van der Waals surface area (Å²) in [5.41, 5.74) is 2.57. The fraction of sp³-hybridized carbons (Fsp3) is 0.533. The first-order chi connectivity index (χ1) is 9.89. The van der Waals surface area contributed by atoms with Gasteiger partial charge in [0.1, 0.15) is 17.1 Å². The molecule has 0 bridgehead atoms. The maximum absolute atomic E-state index is 12.1. The van der Waals surface area contributed by atoms with Crippen LogP contribution in [0.5, 0.6) is 11.5 Å². The van der Waals surface area contributed by atoms with Gasteiger partial charge in [-0.25, -0.2) is 4.79 Å². The van der Waals surface area contributed by atoms with Crippen molar-refractivity contribution in [2.75, 3.05) is 14.2 Å². The van der Waals surface area contributed by atoms with E-state index >= 15 is 0 Å². The van der Waals surface area contributed by atoms with Crippen molar-refractivity contribution in [3.63, 3.8) is 0 Å². The zero-order valence-electron chi connectivity index (χ0n) is 12.7. The molecule has 0 aliphatic carbocycles. The third-order valence-corrected chi connectivity index (χ3v) is 3.76. The standard InChI is InChI=1S/C15H18O6/c1-7-11-8(6-19-15(2,3)21-11)9-10(12(7)17-4)13(16)20-14(9)18-5/h14H,6H2,1-5H3. The van der Waals surface area contributed by atoms with Crippen LogP contribution in [0.3, 0.4) is 0 Å². The number of benzene rings is 1. The van der Waals surface area contributed by atoms with Crippen LogP contribution in [0.1, 0.15) is 47.2 Å². The van der Waals surface area contributed by atoms with E-state index in [4.69, 9.17) is 23.7 Å². The lowest BCUT2D eigenvalue weighted by Gasteiger charge is -2.35. The molecule has 6 nitrogen and oxygen atoms in total. The minimum Gasteiger partial charge on any atom is -0.495 e. The Morgan fingerprint density at radius 2 is 2.00 bits per heavy atom. The maximum atomic E-state index is 12.1. The first kappa shape index (κ1) is 14.2. The summed E-state index contributed by atoms with van der Waals surface area (Å²) in [4.78, 5) is 12.1. The van der Waals surface area contributed by atoms with Gasteiger partial charge in [-0.1, -0.05) is 0 Å². The highest BCUT2D eigenvalue weighted by atomic mass is 16.7. The summed E-state index contributed by atoms with van der Waals surface area (Å²) < 4.78 is 27.5. The largest absolute Gasteiger partial charge is 0.495 e. The van der Waals surface area contributed by atoms with Crippen molar-refractivity contribution in [3.05, 3.63) is 22.3 Å². The van der Waals surface area contributed by atoms with E-state index in [-0.39, 0.29) is 0 Å². The van der Waals surface area contributed by atoms with E-state index in [0.717, 1.165) is 11.1 Å². The average molecular weight is 294 g/mol. The molecule has 1 atom stereocenters. The van der Waals surface area contributed by atoms with Crippen molar-refractivity contribution in [3.8, 4) is 11.5 Å². The van der Waals surface area contributed by atoms with Crippen molar-refractivity contribution >= 4 is 5.97 Å². The Labute approximate surface area is 122 Å². The molecule has 0 aromatic heterocycles. The number of methoxy groups -OCH3 is 2. The summed E-state index contributed by atoms with van der Waals surface area (Å²) in [6, 6.07) is 0. The molecule has 0 saturated heterocycles. The molecule has 0 saturated carbocycles. The summed E-state index contributed by atoms with van der Waals surface area (Å²) in [5, 5.41) is 0. The molecule has 1 aromatic carbocycles. The van der Waals surface area contributed by atoms with Crippen molar-refractivity contribution in [2.24, 2.45) is 0 Å². The second-order valence-electron chi connectivity index (χ2n) is 5.52. The summed E-state index contributed by atoms with van der Waals surface area (Å²) in [6.07, 6.45) is -0.760. The number of carbonyl (C=O) groups is 1. The molecule has 0 spiro atoms. The second kappa shape index (κ2) is 4.61. The molecular formula is C15H18O6. The Morgan fingerprint density at radius 1 is 1.29 bits per heavy atom. The fourth-order valence-corrected chi connectivity index (χ4v) is 2.81. The van der Waals surface area contributed by atoms with Crippen LogP contribution >= 0.6 is 0 Å². The lowest BCUT2D eigenvalue weighted by molar-refractivity contribution is -0.181. The molecule has 6 heteroatoms. The first-order valence-corrected chi connectivity index (χ1v) is 6.69. The van der Waals surface area contributed by atoms with Gasteiger partial charge >= 0.3 is 5.97 Å². The van der Waals surface area contributed by atoms with Crippen LogP contribution in [0, 0.1) is 6.92 Å². The third-order valence-electron chi connectivity index (χ3n) is 3.76. The predicted octanol–water partition coefficient (Wildman–Crippen LogP) is 2.46. The normalized spacial score (nSPS) is 22.1. The van der Waals surface area contributed by atoms with Gasteiger partial charge in [-0.3, -0.25) is 0 Å². The van der Waals surface area contributed by atoms with E-state index in [1.54, 1.807) is 0 Å². The minimum atomic E-state index is -0.760. The van der Waals surface area contributed by atoms with Crippen LogP contribution in [0.4, 0.5) is 0 Å². The van der Waals surface area contributed by atoms with Gasteiger partial charge in [0.2, 0.25) is 12.1 Å². The molecular weight excluding hydrogens is 276 g/mol. The number of esters is 1. The molecule has 1 aromatic rings. The average Bonchev–Trinajstić information content (AvgIpc) is 2.76. The van der Waals surface area contributed by atoms with Gasteiger partial charge < -0.3 is 23.7 Å². The topological polar surface area (TPSA) is 63.2 Å². The molecule has 0 radical (unpaired) electrons. The molecule has 0 amide bonds. The van der Waals surface area contributed by atoms with Gasteiger partial charge in [0.25, 0.3) is 0 Å². The summed E-state index contributed by atoms with van der Waals surface area (Å²) in [6.45, 7) is 5.85. The van der Waals surface area contributed by atoms with Gasteiger partial charge in [-0.2, -0.15) is 0 Å². The lowest BCUT2D eigenvalue weighted by atomic mass is 9.95. The van der Waals surface area contributed by atoms with Gasteiger partial charge in [-0.15, -0.1) is 0 Å². The number of hydrogen-bond donors (Lipinski definition) is 0. The summed E-state index contributed by atoms with van der Waals surface area (Å²) >= 11 is 0. The monoisotopic (exact) mass is 294 g/mol. The second-order valence-corrected chi connectivity index (χ2v) is 5.52. The number of carbonyl (C=O) groups excluding carboxylic acids is 1. The Morgan fingerprint density at radius 3 is 2.62 bits per heavy atom. The Bertz CT molecular complexity index is 619. The van der Waals surface area contributed by atoms with E-state index in [2.05, 4.69) is 0 Å². The molecule has 3 rings (SSSR count). The SMILES string of the molecule is COc1c(C)c2c(c3c1C(=O)OC3OC)COC(C)(C)O2. The van der Waals surface area contributed by atoms with Gasteiger partial charge in [0.15, 0.2) is 0 Å². The fourth-order valence-electron chi connectivity index (χ4n) is 2.81. The van der Waals surface area contributed by atoms with E-state index in [1.807, 2.05) is 20.8 Å². The van der Waals surface area contributed by atoms with E-state index in [9.17, 15) is 4.79 Å². The van der Waals surface area contributed by atoms with E-state index in [0.29, 0.717) is 29.2 Å². The molecule has 2 aliphatic rings. The maximum Gasteiger partial charge on any atom is 0.345 e. The smallest absolute Gasteiger partial charge is 0.345 e. The third kappa shape index (κ3) is 1.98. The predicted molar refractivity (Wildman–Crippen MR) is 72.4 cm³/mol. The van der Waals surface area contributed by atoms with Crippen LogP contribution in [-0.4, -0.2) is 26.0 Å². The summed E-state index contributed by atoms with van der Waals surface area (Å²) in [7, 11) is 3.01. The van der Waals surface area contributed by atoms with Crippen LogP contribution in [-0.2, 0) is 20.8 Å². The first-order valence-electron chi connectivity index (χ1n) is 6.69. The van der Waals surface area contributed by atoms with E-state index < -0.39 is 18.0 Å². The quantitative estimate of drug-likeness (QED) is 0.781.